The van der Waals surface area contributed by atoms with Crippen LogP contribution >= 0.6 is 0 Å². The van der Waals surface area contributed by atoms with Crippen molar-refractivity contribution in [1.29, 1.82) is 0 Å². The van der Waals surface area contributed by atoms with Crippen LogP contribution in [0.1, 0.15) is 39.2 Å². The number of rotatable bonds is 3. The molecule has 0 amide bonds. The summed E-state index contributed by atoms with van der Waals surface area (Å²) in [6.45, 7) is 4.44. The lowest BCUT2D eigenvalue weighted by molar-refractivity contribution is 0.361. The molecule has 0 saturated heterocycles. The molecule has 19 heavy (non-hydrogen) atoms. The molecule has 0 spiro atoms. The molecular formula is C15H20N4. The van der Waals surface area contributed by atoms with Gasteiger partial charge in [-0.1, -0.05) is 44.2 Å². The highest BCUT2D eigenvalue weighted by Gasteiger charge is 2.27. The molecule has 4 heteroatoms. The van der Waals surface area contributed by atoms with Crippen molar-refractivity contribution in [3.8, 4) is 11.4 Å². The molecule has 2 unspecified atom stereocenters. The molecule has 1 aromatic carbocycles. The molecular weight excluding hydrogens is 236 g/mol. The first-order valence-corrected chi connectivity index (χ1v) is 7.10. The summed E-state index contributed by atoms with van der Waals surface area (Å²) in [4.78, 5) is 4.66. The molecule has 1 aromatic heterocycles. The summed E-state index contributed by atoms with van der Waals surface area (Å²) >= 11 is 0. The Hall–Kier alpha value is -1.84. The van der Waals surface area contributed by atoms with E-state index in [1.807, 2.05) is 18.2 Å². The van der Waals surface area contributed by atoms with E-state index >= 15 is 0 Å². The maximum Gasteiger partial charge on any atom is 0.222 e. The van der Waals surface area contributed by atoms with Crippen LogP contribution in [0.4, 0.5) is 5.95 Å². The monoisotopic (exact) mass is 256 g/mol. The third kappa shape index (κ3) is 2.23. The van der Waals surface area contributed by atoms with Crippen LogP contribution in [0.15, 0.2) is 30.3 Å². The lowest BCUT2D eigenvalue weighted by atomic mass is 10.0. The van der Waals surface area contributed by atoms with E-state index in [4.69, 9.17) is 0 Å². The summed E-state index contributed by atoms with van der Waals surface area (Å²) in [7, 11) is 0. The number of nitrogens with zero attached hydrogens (tertiary/aromatic N) is 3. The first-order valence-electron chi connectivity index (χ1n) is 7.10. The van der Waals surface area contributed by atoms with Crippen molar-refractivity contribution in [2.24, 2.45) is 0 Å². The van der Waals surface area contributed by atoms with Crippen LogP contribution in [-0.2, 0) is 0 Å². The Bertz CT molecular complexity index is 547. The van der Waals surface area contributed by atoms with Crippen LogP contribution in [0.2, 0.25) is 0 Å². The second-order valence-electron chi connectivity index (χ2n) is 5.12. The van der Waals surface area contributed by atoms with E-state index in [-0.39, 0.29) is 0 Å². The van der Waals surface area contributed by atoms with Gasteiger partial charge in [-0.05, 0) is 19.3 Å². The normalized spacial score (nSPS) is 21.8. The summed E-state index contributed by atoms with van der Waals surface area (Å²) in [6.07, 6.45) is 3.37. The molecule has 1 N–H and O–H groups in total. The molecule has 0 saturated carbocycles. The second kappa shape index (κ2) is 5.03. The van der Waals surface area contributed by atoms with Gasteiger partial charge >= 0.3 is 0 Å². The van der Waals surface area contributed by atoms with E-state index in [0.717, 1.165) is 36.6 Å². The molecule has 2 aromatic rings. The van der Waals surface area contributed by atoms with Crippen LogP contribution in [-0.4, -0.2) is 20.8 Å². The average Bonchev–Trinajstić information content (AvgIpc) is 2.91. The van der Waals surface area contributed by atoms with E-state index in [0.29, 0.717) is 12.1 Å². The molecule has 1 aliphatic heterocycles. The van der Waals surface area contributed by atoms with Gasteiger partial charge in [0, 0.05) is 11.6 Å². The van der Waals surface area contributed by atoms with Gasteiger partial charge in [-0.25, -0.2) is 4.68 Å². The highest BCUT2D eigenvalue weighted by molar-refractivity contribution is 5.56. The minimum absolute atomic E-state index is 0.464. The van der Waals surface area contributed by atoms with Crippen molar-refractivity contribution in [3.63, 3.8) is 0 Å². The Labute approximate surface area is 113 Å². The minimum atomic E-state index is 0.464. The van der Waals surface area contributed by atoms with Crippen molar-refractivity contribution >= 4 is 5.95 Å². The fourth-order valence-corrected chi connectivity index (χ4v) is 2.66. The SMILES string of the molecule is CCC1CC(CC)n2nc(-c3ccccc3)nc2N1. The lowest BCUT2D eigenvalue weighted by Gasteiger charge is -2.29. The van der Waals surface area contributed by atoms with Crippen molar-refractivity contribution in [2.75, 3.05) is 5.32 Å². The second-order valence-corrected chi connectivity index (χ2v) is 5.12. The van der Waals surface area contributed by atoms with Crippen LogP contribution in [0, 0.1) is 0 Å². The Morgan fingerprint density at radius 3 is 2.68 bits per heavy atom. The van der Waals surface area contributed by atoms with Crippen molar-refractivity contribution in [2.45, 2.75) is 45.2 Å². The molecule has 0 radical (unpaired) electrons. The largest absolute Gasteiger partial charge is 0.352 e. The molecule has 2 heterocycles. The molecule has 4 nitrogen and oxygen atoms in total. The molecule has 0 fully saturated rings. The summed E-state index contributed by atoms with van der Waals surface area (Å²) in [5.74, 6) is 1.74. The summed E-state index contributed by atoms with van der Waals surface area (Å²) in [5.41, 5.74) is 1.08. The Morgan fingerprint density at radius 1 is 1.21 bits per heavy atom. The zero-order chi connectivity index (χ0) is 13.2. The first kappa shape index (κ1) is 12.2. The first-order chi connectivity index (χ1) is 9.31. The number of anilines is 1. The zero-order valence-electron chi connectivity index (χ0n) is 11.5. The topological polar surface area (TPSA) is 42.7 Å². The van der Waals surface area contributed by atoms with Gasteiger partial charge in [-0.3, -0.25) is 0 Å². The maximum atomic E-state index is 4.69. The standard InChI is InChI=1S/C15H20N4/c1-3-12-10-13(4-2)19-15(16-12)17-14(18-19)11-8-6-5-7-9-11/h5-9,12-13H,3-4,10H2,1-2H3,(H,16,17,18). The molecule has 0 aliphatic carbocycles. The van der Waals surface area contributed by atoms with E-state index in [2.05, 4.69) is 46.1 Å². The van der Waals surface area contributed by atoms with E-state index < -0.39 is 0 Å². The number of hydrogen-bond donors (Lipinski definition) is 1. The van der Waals surface area contributed by atoms with Crippen LogP contribution in [0.5, 0.6) is 0 Å². The molecule has 3 rings (SSSR count). The van der Waals surface area contributed by atoms with Gasteiger partial charge in [0.1, 0.15) is 0 Å². The number of benzene rings is 1. The zero-order valence-corrected chi connectivity index (χ0v) is 11.5. The van der Waals surface area contributed by atoms with Gasteiger partial charge in [0.05, 0.1) is 6.04 Å². The highest BCUT2D eigenvalue weighted by Crippen LogP contribution is 2.30. The van der Waals surface area contributed by atoms with Crippen molar-refractivity contribution in [1.82, 2.24) is 14.8 Å². The average molecular weight is 256 g/mol. The smallest absolute Gasteiger partial charge is 0.222 e. The van der Waals surface area contributed by atoms with E-state index in [9.17, 15) is 0 Å². The van der Waals surface area contributed by atoms with Gasteiger partial charge < -0.3 is 5.32 Å². The van der Waals surface area contributed by atoms with Gasteiger partial charge in [0.15, 0.2) is 5.82 Å². The Kier molecular flexibility index (Phi) is 3.23. The molecule has 1 aliphatic rings. The van der Waals surface area contributed by atoms with Crippen molar-refractivity contribution < 1.29 is 0 Å². The lowest BCUT2D eigenvalue weighted by Crippen LogP contribution is -2.31. The molecule has 0 bridgehead atoms. The maximum absolute atomic E-state index is 4.69. The van der Waals surface area contributed by atoms with Gasteiger partial charge in [-0.2, -0.15) is 4.98 Å². The van der Waals surface area contributed by atoms with Crippen LogP contribution < -0.4 is 5.32 Å². The van der Waals surface area contributed by atoms with Crippen LogP contribution in [0.3, 0.4) is 0 Å². The predicted molar refractivity (Wildman–Crippen MR) is 77.1 cm³/mol. The van der Waals surface area contributed by atoms with Gasteiger partial charge in [-0.15, -0.1) is 5.10 Å². The highest BCUT2D eigenvalue weighted by atomic mass is 15.4. The Balaban J connectivity index is 1.98. The third-order valence-electron chi connectivity index (χ3n) is 3.86. The van der Waals surface area contributed by atoms with Crippen molar-refractivity contribution in [3.05, 3.63) is 30.3 Å². The van der Waals surface area contributed by atoms with Gasteiger partial charge in [0.25, 0.3) is 0 Å². The minimum Gasteiger partial charge on any atom is -0.352 e. The Morgan fingerprint density at radius 2 is 2.00 bits per heavy atom. The summed E-state index contributed by atoms with van der Waals surface area (Å²) in [5, 5.41) is 8.18. The third-order valence-corrected chi connectivity index (χ3v) is 3.86. The van der Waals surface area contributed by atoms with Gasteiger partial charge in [0.2, 0.25) is 5.95 Å². The molecule has 100 valence electrons. The quantitative estimate of drug-likeness (QED) is 0.914. The summed E-state index contributed by atoms with van der Waals surface area (Å²) in [6, 6.07) is 11.2. The van der Waals surface area contributed by atoms with E-state index in [1.165, 1.54) is 0 Å². The number of aromatic nitrogens is 3. The number of hydrogen-bond acceptors (Lipinski definition) is 3. The van der Waals surface area contributed by atoms with E-state index in [1.54, 1.807) is 0 Å². The number of nitrogens with one attached hydrogen (secondary N) is 1. The summed E-state index contributed by atoms with van der Waals surface area (Å²) < 4.78 is 2.06. The fraction of sp³-hybridized carbons (Fsp3) is 0.467. The molecule has 2 atom stereocenters. The fourth-order valence-electron chi connectivity index (χ4n) is 2.66. The van der Waals surface area contributed by atoms with Crippen LogP contribution in [0.25, 0.3) is 11.4 Å². The predicted octanol–water partition coefficient (Wildman–Crippen LogP) is 3.49. The number of fused-ring (bicyclic) bond motifs is 1.